The van der Waals surface area contributed by atoms with Gasteiger partial charge in [0.1, 0.15) is 5.75 Å². The van der Waals surface area contributed by atoms with E-state index in [0.717, 1.165) is 11.4 Å². The Hall–Kier alpha value is -1.87. The minimum atomic E-state index is -0.245. The van der Waals surface area contributed by atoms with E-state index >= 15 is 0 Å². The summed E-state index contributed by atoms with van der Waals surface area (Å²) in [5.41, 5.74) is 9.36. The molecule has 2 unspecified atom stereocenters. The molecule has 1 aromatic carbocycles. The van der Waals surface area contributed by atoms with Gasteiger partial charge in [0.05, 0.1) is 5.69 Å². The van der Waals surface area contributed by atoms with Crippen molar-refractivity contribution in [1.29, 1.82) is 0 Å². The molecule has 0 radical (unpaired) electrons. The standard InChI is InChI=1S/C18H24N2O/c1-12(2)15-9-8-13(3)11-17(15)21-18(14(4)19)16-7-5-6-10-20-16/h5-12,14,18H,19H2,1-4H3. The number of aryl methyl sites for hydroxylation is 1. The quantitative estimate of drug-likeness (QED) is 0.903. The number of ether oxygens (including phenoxy) is 1. The Labute approximate surface area is 127 Å². The van der Waals surface area contributed by atoms with Crippen molar-refractivity contribution in [2.45, 2.75) is 45.8 Å². The number of nitrogens with two attached hydrogens (primary N) is 1. The molecular formula is C18H24N2O. The Kier molecular flexibility index (Phi) is 4.97. The zero-order chi connectivity index (χ0) is 15.4. The first-order valence-electron chi connectivity index (χ1n) is 7.42. The van der Waals surface area contributed by atoms with Crippen molar-refractivity contribution in [3.8, 4) is 5.75 Å². The van der Waals surface area contributed by atoms with E-state index in [1.165, 1.54) is 11.1 Å². The van der Waals surface area contributed by atoms with Crippen molar-refractivity contribution in [2.24, 2.45) is 5.73 Å². The first kappa shape index (κ1) is 15.5. The van der Waals surface area contributed by atoms with Crippen molar-refractivity contribution in [1.82, 2.24) is 4.98 Å². The lowest BCUT2D eigenvalue weighted by atomic mass is 10.00. The summed E-state index contributed by atoms with van der Waals surface area (Å²) in [6, 6.07) is 12.0. The third-order valence-corrected chi connectivity index (χ3v) is 3.50. The van der Waals surface area contributed by atoms with Gasteiger partial charge in [0.25, 0.3) is 0 Å². The number of pyridine rings is 1. The summed E-state index contributed by atoms with van der Waals surface area (Å²) in [5, 5.41) is 0. The highest BCUT2D eigenvalue weighted by molar-refractivity contribution is 5.39. The average Bonchev–Trinajstić information content (AvgIpc) is 2.45. The molecule has 0 aliphatic heterocycles. The van der Waals surface area contributed by atoms with Crippen LogP contribution in [-0.4, -0.2) is 11.0 Å². The summed E-state index contributed by atoms with van der Waals surface area (Å²) in [7, 11) is 0. The summed E-state index contributed by atoms with van der Waals surface area (Å²) in [6.45, 7) is 8.35. The summed E-state index contributed by atoms with van der Waals surface area (Å²) < 4.78 is 6.25. The molecule has 0 spiro atoms. The van der Waals surface area contributed by atoms with Gasteiger partial charge in [-0.2, -0.15) is 0 Å². The van der Waals surface area contributed by atoms with Crippen molar-refractivity contribution < 1.29 is 4.74 Å². The number of benzene rings is 1. The van der Waals surface area contributed by atoms with Crippen LogP contribution in [0.25, 0.3) is 0 Å². The molecule has 0 bridgehead atoms. The molecule has 2 aromatic rings. The van der Waals surface area contributed by atoms with Crippen LogP contribution in [-0.2, 0) is 0 Å². The number of aromatic nitrogens is 1. The predicted molar refractivity (Wildman–Crippen MR) is 86.5 cm³/mol. The van der Waals surface area contributed by atoms with Crippen LogP contribution in [0.4, 0.5) is 0 Å². The highest BCUT2D eigenvalue weighted by Crippen LogP contribution is 2.31. The van der Waals surface area contributed by atoms with E-state index in [-0.39, 0.29) is 12.1 Å². The number of rotatable bonds is 5. The topological polar surface area (TPSA) is 48.1 Å². The Morgan fingerprint density at radius 3 is 2.43 bits per heavy atom. The Balaban J connectivity index is 2.36. The maximum absolute atomic E-state index is 6.25. The molecule has 112 valence electrons. The largest absolute Gasteiger partial charge is 0.482 e. The van der Waals surface area contributed by atoms with Crippen molar-refractivity contribution in [2.75, 3.05) is 0 Å². The molecule has 0 amide bonds. The zero-order valence-corrected chi connectivity index (χ0v) is 13.2. The first-order valence-corrected chi connectivity index (χ1v) is 7.42. The summed E-state index contributed by atoms with van der Waals surface area (Å²) in [5.74, 6) is 1.30. The predicted octanol–water partition coefficient (Wildman–Crippen LogP) is 3.98. The average molecular weight is 284 g/mol. The molecule has 0 aliphatic carbocycles. The Morgan fingerprint density at radius 2 is 1.86 bits per heavy atom. The molecule has 2 atom stereocenters. The minimum absolute atomic E-state index is 0.138. The molecule has 1 aromatic heterocycles. The second-order valence-corrected chi connectivity index (χ2v) is 5.85. The third-order valence-electron chi connectivity index (χ3n) is 3.50. The molecule has 0 fully saturated rings. The molecule has 3 heteroatoms. The van der Waals surface area contributed by atoms with Crippen molar-refractivity contribution >= 4 is 0 Å². The van der Waals surface area contributed by atoms with Gasteiger partial charge < -0.3 is 10.5 Å². The van der Waals surface area contributed by atoms with Gasteiger partial charge >= 0.3 is 0 Å². The number of nitrogens with zero attached hydrogens (tertiary/aromatic N) is 1. The molecule has 0 saturated carbocycles. The molecule has 2 rings (SSSR count). The van der Waals surface area contributed by atoms with E-state index in [9.17, 15) is 0 Å². The van der Waals surface area contributed by atoms with Gasteiger partial charge in [0.2, 0.25) is 0 Å². The SMILES string of the molecule is Cc1ccc(C(C)C)c(OC(c2ccccn2)C(C)N)c1. The Morgan fingerprint density at radius 1 is 1.10 bits per heavy atom. The van der Waals surface area contributed by atoms with Crippen LogP contribution in [0.5, 0.6) is 5.75 Å². The highest BCUT2D eigenvalue weighted by atomic mass is 16.5. The summed E-state index contributed by atoms with van der Waals surface area (Å²) in [6.07, 6.45) is 1.53. The lowest BCUT2D eigenvalue weighted by molar-refractivity contribution is 0.173. The van der Waals surface area contributed by atoms with Gasteiger partial charge in [0, 0.05) is 12.2 Å². The number of hydrogen-bond donors (Lipinski definition) is 1. The van der Waals surface area contributed by atoms with Crippen LogP contribution in [0.3, 0.4) is 0 Å². The maximum Gasteiger partial charge on any atom is 0.155 e. The fourth-order valence-corrected chi connectivity index (χ4v) is 2.34. The molecule has 21 heavy (non-hydrogen) atoms. The molecule has 1 heterocycles. The van der Waals surface area contributed by atoms with Gasteiger partial charge in [-0.1, -0.05) is 32.0 Å². The first-order chi connectivity index (χ1) is 9.99. The Bertz CT molecular complexity index is 579. The highest BCUT2D eigenvalue weighted by Gasteiger charge is 2.21. The summed E-state index contributed by atoms with van der Waals surface area (Å²) in [4.78, 5) is 4.39. The fraction of sp³-hybridized carbons (Fsp3) is 0.389. The zero-order valence-electron chi connectivity index (χ0n) is 13.2. The molecular weight excluding hydrogens is 260 g/mol. The van der Waals surface area contributed by atoms with E-state index < -0.39 is 0 Å². The van der Waals surface area contributed by atoms with Crippen LogP contribution >= 0.6 is 0 Å². The van der Waals surface area contributed by atoms with E-state index in [1.54, 1.807) is 6.20 Å². The lowest BCUT2D eigenvalue weighted by Gasteiger charge is -2.24. The van der Waals surface area contributed by atoms with Gasteiger partial charge in [-0.25, -0.2) is 0 Å². The van der Waals surface area contributed by atoms with Crippen molar-refractivity contribution in [3.05, 3.63) is 59.4 Å². The second kappa shape index (κ2) is 6.72. The van der Waals surface area contributed by atoms with Crippen LogP contribution in [0, 0.1) is 6.92 Å². The smallest absolute Gasteiger partial charge is 0.155 e. The van der Waals surface area contributed by atoms with E-state index in [2.05, 4.69) is 44.0 Å². The van der Waals surface area contributed by atoms with Crippen LogP contribution in [0.2, 0.25) is 0 Å². The second-order valence-electron chi connectivity index (χ2n) is 5.85. The maximum atomic E-state index is 6.25. The van der Waals surface area contributed by atoms with E-state index in [1.807, 2.05) is 25.1 Å². The van der Waals surface area contributed by atoms with E-state index in [0.29, 0.717) is 5.92 Å². The minimum Gasteiger partial charge on any atom is -0.482 e. The monoisotopic (exact) mass is 284 g/mol. The lowest BCUT2D eigenvalue weighted by Crippen LogP contribution is -2.30. The van der Waals surface area contributed by atoms with Gasteiger partial charge in [-0.3, -0.25) is 4.98 Å². The van der Waals surface area contributed by atoms with Crippen LogP contribution in [0.1, 0.15) is 49.6 Å². The molecule has 3 nitrogen and oxygen atoms in total. The number of hydrogen-bond acceptors (Lipinski definition) is 3. The normalized spacial score (nSPS) is 14.0. The van der Waals surface area contributed by atoms with Crippen molar-refractivity contribution in [3.63, 3.8) is 0 Å². The molecule has 2 N–H and O–H groups in total. The summed E-state index contributed by atoms with van der Waals surface area (Å²) >= 11 is 0. The van der Waals surface area contributed by atoms with Gasteiger partial charge in [-0.05, 0) is 49.1 Å². The molecule has 0 saturated heterocycles. The van der Waals surface area contributed by atoms with Gasteiger partial charge in [0.15, 0.2) is 6.10 Å². The molecule has 0 aliphatic rings. The third kappa shape index (κ3) is 3.82. The fourth-order valence-electron chi connectivity index (χ4n) is 2.34. The van der Waals surface area contributed by atoms with Gasteiger partial charge in [-0.15, -0.1) is 0 Å². The van der Waals surface area contributed by atoms with Crippen LogP contribution in [0.15, 0.2) is 42.6 Å². The van der Waals surface area contributed by atoms with Crippen LogP contribution < -0.4 is 10.5 Å². The van der Waals surface area contributed by atoms with E-state index in [4.69, 9.17) is 10.5 Å².